The predicted molar refractivity (Wildman–Crippen MR) is 90.4 cm³/mol. The van der Waals surface area contributed by atoms with Crippen LogP contribution in [0.15, 0.2) is 0 Å². The molecule has 0 amide bonds. The zero-order chi connectivity index (χ0) is 15.8. The minimum atomic E-state index is -0.117. The Morgan fingerprint density at radius 3 is 2.62 bits per heavy atom. The summed E-state index contributed by atoms with van der Waals surface area (Å²) in [6.07, 6.45) is 0.239. The van der Waals surface area contributed by atoms with Crippen LogP contribution in [0, 0.1) is 0 Å². The maximum Gasteiger partial charge on any atom is 0.186 e. The molecular weight excluding hydrogens is 282 g/mol. The SMILES string of the molecule is CNCc1sc(N2CC(C)OC(C)(C)C2)nc1C(C)(C)C. The molecule has 1 fully saturated rings. The third-order valence-corrected chi connectivity index (χ3v) is 4.69. The number of ether oxygens (including phenoxy) is 1. The molecule has 0 aromatic carbocycles. The van der Waals surface area contributed by atoms with Crippen molar-refractivity contribution >= 4 is 16.5 Å². The van der Waals surface area contributed by atoms with Crippen LogP contribution < -0.4 is 10.2 Å². The van der Waals surface area contributed by atoms with Crippen molar-refractivity contribution in [3.8, 4) is 0 Å². The summed E-state index contributed by atoms with van der Waals surface area (Å²) >= 11 is 1.82. The van der Waals surface area contributed by atoms with Gasteiger partial charge >= 0.3 is 0 Å². The number of thiazole rings is 1. The van der Waals surface area contributed by atoms with Crippen LogP contribution in [-0.2, 0) is 16.7 Å². The molecule has 1 aromatic rings. The monoisotopic (exact) mass is 311 g/mol. The Labute approximate surface area is 132 Å². The van der Waals surface area contributed by atoms with Crippen LogP contribution in [0.1, 0.15) is 52.1 Å². The Morgan fingerprint density at radius 1 is 1.43 bits per heavy atom. The van der Waals surface area contributed by atoms with Crippen molar-refractivity contribution in [2.24, 2.45) is 0 Å². The average Bonchev–Trinajstić information content (AvgIpc) is 2.70. The number of hydrogen-bond acceptors (Lipinski definition) is 5. The van der Waals surface area contributed by atoms with Gasteiger partial charge in [0.25, 0.3) is 0 Å². The van der Waals surface area contributed by atoms with Gasteiger partial charge in [0.15, 0.2) is 5.13 Å². The molecule has 1 aliphatic heterocycles. The Balaban J connectivity index is 2.31. The van der Waals surface area contributed by atoms with Gasteiger partial charge in [0.2, 0.25) is 0 Å². The van der Waals surface area contributed by atoms with E-state index in [2.05, 4.69) is 51.8 Å². The smallest absolute Gasteiger partial charge is 0.186 e. The van der Waals surface area contributed by atoms with Gasteiger partial charge in [-0.15, -0.1) is 11.3 Å². The lowest BCUT2D eigenvalue weighted by molar-refractivity contribution is -0.0749. The molecule has 0 bridgehead atoms. The number of aromatic nitrogens is 1. The lowest BCUT2D eigenvalue weighted by Gasteiger charge is -2.41. The van der Waals surface area contributed by atoms with Crippen LogP contribution in [0.4, 0.5) is 5.13 Å². The van der Waals surface area contributed by atoms with E-state index < -0.39 is 0 Å². The minimum absolute atomic E-state index is 0.0777. The Bertz CT molecular complexity index is 490. The molecule has 2 heterocycles. The molecule has 1 aromatic heterocycles. The van der Waals surface area contributed by atoms with Crippen LogP contribution in [-0.4, -0.2) is 36.8 Å². The first kappa shape index (κ1) is 16.7. The molecule has 4 nitrogen and oxygen atoms in total. The Morgan fingerprint density at radius 2 is 2.10 bits per heavy atom. The van der Waals surface area contributed by atoms with Gasteiger partial charge in [0.1, 0.15) is 0 Å². The summed E-state index contributed by atoms with van der Waals surface area (Å²) in [6, 6.07) is 0. The van der Waals surface area contributed by atoms with E-state index in [-0.39, 0.29) is 17.1 Å². The third kappa shape index (κ3) is 3.96. The lowest BCUT2D eigenvalue weighted by Crippen LogP contribution is -2.52. The van der Waals surface area contributed by atoms with Gasteiger partial charge < -0.3 is 15.0 Å². The second-order valence-electron chi connectivity index (χ2n) is 7.62. The van der Waals surface area contributed by atoms with Crippen LogP contribution in [0.25, 0.3) is 0 Å². The quantitative estimate of drug-likeness (QED) is 0.930. The van der Waals surface area contributed by atoms with Crippen molar-refractivity contribution < 1.29 is 4.74 Å². The summed E-state index contributed by atoms with van der Waals surface area (Å²) in [5.74, 6) is 0. The fourth-order valence-corrected chi connectivity index (χ4v) is 4.23. The van der Waals surface area contributed by atoms with E-state index >= 15 is 0 Å². The maximum atomic E-state index is 6.00. The highest BCUT2D eigenvalue weighted by Crippen LogP contribution is 2.36. The number of hydrogen-bond donors (Lipinski definition) is 1. The average molecular weight is 311 g/mol. The van der Waals surface area contributed by atoms with Crippen LogP contribution in [0.5, 0.6) is 0 Å². The highest BCUT2D eigenvalue weighted by Gasteiger charge is 2.34. The van der Waals surface area contributed by atoms with Crippen LogP contribution >= 0.6 is 11.3 Å². The van der Waals surface area contributed by atoms with Gasteiger partial charge in [-0.05, 0) is 27.8 Å². The van der Waals surface area contributed by atoms with Crippen molar-refractivity contribution in [3.63, 3.8) is 0 Å². The molecule has 0 saturated carbocycles. The van der Waals surface area contributed by atoms with E-state index in [9.17, 15) is 0 Å². The molecule has 120 valence electrons. The molecule has 1 aliphatic rings. The highest BCUT2D eigenvalue weighted by atomic mass is 32.1. The summed E-state index contributed by atoms with van der Waals surface area (Å²) in [7, 11) is 1.99. The van der Waals surface area contributed by atoms with Gasteiger partial charge in [-0.1, -0.05) is 20.8 Å². The van der Waals surface area contributed by atoms with E-state index in [1.54, 1.807) is 0 Å². The molecule has 1 N–H and O–H groups in total. The number of nitrogens with one attached hydrogen (secondary N) is 1. The molecule has 21 heavy (non-hydrogen) atoms. The van der Waals surface area contributed by atoms with E-state index in [1.165, 1.54) is 10.6 Å². The third-order valence-electron chi connectivity index (χ3n) is 3.57. The molecule has 0 radical (unpaired) electrons. The van der Waals surface area contributed by atoms with E-state index in [0.29, 0.717) is 0 Å². The second kappa shape index (κ2) is 5.86. The first-order valence-electron chi connectivity index (χ1n) is 7.70. The number of nitrogens with zero attached hydrogens (tertiary/aromatic N) is 2. The van der Waals surface area contributed by atoms with Gasteiger partial charge in [-0.3, -0.25) is 0 Å². The normalized spacial score (nSPS) is 22.6. The number of anilines is 1. The topological polar surface area (TPSA) is 37.4 Å². The molecule has 0 aliphatic carbocycles. The van der Waals surface area contributed by atoms with E-state index in [1.807, 2.05) is 18.4 Å². The molecule has 1 saturated heterocycles. The number of morpholine rings is 1. The second-order valence-corrected chi connectivity index (χ2v) is 8.68. The summed E-state index contributed by atoms with van der Waals surface area (Å²) in [6.45, 7) is 15.8. The molecule has 5 heteroatoms. The molecular formula is C16H29N3OS. The molecule has 2 rings (SSSR count). The van der Waals surface area contributed by atoms with E-state index in [4.69, 9.17) is 9.72 Å². The first-order chi connectivity index (χ1) is 9.62. The minimum Gasteiger partial charge on any atom is -0.369 e. The fraction of sp³-hybridized carbons (Fsp3) is 0.812. The van der Waals surface area contributed by atoms with Crippen LogP contribution in [0.2, 0.25) is 0 Å². The summed E-state index contributed by atoms with van der Waals surface area (Å²) in [4.78, 5) is 8.70. The first-order valence-corrected chi connectivity index (χ1v) is 8.51. The van der Waals surface area contributed by atoms with Gasteiger partial charge in [0.05, 0.1) is 17.4 Å². The Hall–Kier alpha value is -0.650. The van der Waals surface area contributed by atoms with Gasteiger partial charge in [-0.2, -0.15) is 0 Å². The van der Waals surface area contributed by atoms with Crippen molar-refractivity contribution in [3.05, 3.63) is 10.6 Å². The molecule has 1 unspecified atom stereocenters. The van der Waals surface area contributed by atoms with E-state index in [0.717, 1.165) is 24.8 Å². The van der Waals surface area contributed by atoms with Crippen molar-refractivity contribution in [2.45, 2.75) is 65.2 Å². The molecule has 1 atom stereocenters. The standard InChI is InChI=1S/C16H29N3OS/c1-11-9-19(10-16(5,6)20-11)14-18-13(15(2,3)4)12(21-14)8-17-7/h11,17H,8-10H2,1-7H3. The summed E-state index contributed by atoms with van der Waals surface area (Å²) in [5, 5.41) is 4.40. The van der Waals surface area contributed by atoms with Gasteiger partial charge in [0, 0.05) is 29.9 Å². The zero-order valence-corrected chi connectivity index (χ0v) is 15.2. The lowest BCUT2D eigenvalue weighted by atomic mass is 9.91. The predicted octanol–water partition coefficient (Wildman–Crippen LogP) is 3.16. The van der Waals surface area contributed by atoms with Gasteiger partial charge in [-0.25, -0.2) is 4.98 Å². The highest BCUT2D eigenvalue weighted by molar-refractivity contribution is 7.15. The van der Waals surface area contributed by atoms with Crippen molar-refractivity contribution in [2.75, 3.05) is 25.0 Å². The Kier molecular flexibility index (Phi) is 4.66. The summed E-state index contributed by atoms with van der Waals surface area (Å²) in [5.41, 5.74) is 1.18. The maximum absolute atomic E-state index is 6.00. The number of rotatable bonds is 3. The summed E-state index contributed by atoms with van der Waals surface area (Å²) < 4.78 is 6.00. The molecule has 0 spiro atoms. The fourth-order valence-electron chi connectivity index (χ4n) is 2.94. The van der Waals surface area contributed by atoms with Crippen molar-refractivity contribution in [1.82, 2.24) is 10.3 Å². The zero-order valence-electron chi connectivity index (χ0n) is 14.4. The van der Waals surface area contributed by atoms with Crippen molar-refractivity contribution in [1.29, 1.82) is 0 Å². The van der Waals surface area contributed by atoms with Crippen LogP contribution in [0.3, 0.4) is 0 Å². The largest absolute Gasteiger partial charge is 0.369 e.